The van der Waals surface area contributed by atoms with Gasteiger partial charge in [-0.25, -0.2) is 4.79 Å². The van der Waals surface area contributed by atoms with Crippen LogP contribution in [-0.4, -0.2) is 50.8 Å². The zero-order chi connectivity index (χ0) is 22.4. The highest BCUT2D eigenvalue weighted by Gasteiger charge is 2.32. The van der Waals surface area contributed by atoms with Crippen LogP contribution in [0.2, 0.25) is 0 Å². The summed E-state index contributed by atoms with van der Waals surface area (Å²) in [5, 5.41) is 0. The molecule has 1 saturated heterocycles. The van der Waals surface area contributed by atoms with E-state index < -0.39 is 5.97 Å². The highest BCUT2D eigenvalue weighted by molar-refractivity contribution is 5.81. The smallest absolute Gasteiger partial charge is 0.344 e. The molecule has 0 bridgehead atoms. The number of amides is 1. The van der Waals surface area contributed by atoms with Crippen molar-refractivity contribution in [1.29, 1.82) is 0 Å². The molecule has 0 N–H and O–H groups in total. The number of likely N-dealkylation sites (tertiary alicyclic amines) is 1. The molecule has 2 aromatic carbocycles. The largest absolute Gasteiger partial charge is 0.497 e. The minimum absolute atomic E-state index is 0.150. The Morgan fingerprint density at radius 1 is 0.968 bits per heavy atom. The molecule has 0 aliphatic carbocycles. The number of nitrogens with zero attached hydrogens (tertiary/aromatic N) is 1. The molecule has 1 heterocycles. The molecule has 7 heteroatoms. The van der Waals surface area contributed by atoms with E-state index in [2.05, 4.69) is 0 Å². The third-order valence-corrected chi connectivity index (χ3v) is 5.28. The minimum atomic E-state index is -0.581. The molecule has 1 aliphatic rings. The first-order valence-corrected chi connectivity index (χ1v) is 10.3. The minimum Gasteiger partial charge on any atom is -0.497 e. The molecular weight excluding hydrogens is 398 g/mol. The van der Waals surface area contributed by atoms with Gasteiger partial charge in [0.25, 0.3) is 5.91 Å². The number of carbonyl (C=O) groups is 2. The van der Waals surface area contributed by atoms with Gasteiger partial charge in [0.05, 0.1) is 20.3 Å². The Morgan fingerprint density at radius 2 is 1.71 bits per heavy atom. The molecule has 1 atom stereocenters. The summed E-state index contributed by atoms with van der Waals surface area (Å²) in [5.74, 6) is 1.18. The van der Waals surface area contributed by atoms with Crippen LogP contribution in [0.1, 0.15) is 35.6 Å². The highest BCUT2D eigenvalue weighted by atomic mass is 16.6. The van der Waals surface area contributed by atoms with Crippen LogP contribution in [0.3, 0.4) is 0 Å². The van der Waals surface area contributed by atoms with E-state index >= 15 is 0 Å². The third kappa shape index (κ3) is 5.69. The zero-order valence-corrected chi connectivity index (χ0v) is 18.5. The van der Waals surface area contributed by atoms with E-state index in [4.69, 9.17) is 18.9 Å². The normalized spacial score (nSPS) is 15.5. The van der Waals surface area contributed by atoms with E-state index in [0.29, 0.717) is 23.8 Å². The SMILES string of the molecule is COc1ccc(OC)c([C@H]2CCCN2C(=O)COC(=O)COc2cc(C)cc(C)c2)c1. The first kappa shape index (κ1) is 22.5. The van der Waals surface area contributed by atoms with Gasteiger partial charge in [0.15, 0.2) is 13.2 Å². The summed E-state index contributed by atoms with van der Waals surface area (Å²) in [4.78, 5) is 26.6. The summed E-state index contributed by atoms with van der Waals surface area (Å²) in [5.41, 5.74) is 2.98. The van der Waals surface area contributed by atoms with Gasteiger partial charge in [-0.15, -0.1) is 0 Å². The van der Waals surface area contributed by atoms with Crippen molar-refractivity contribution in [3.8, 4) is 17.2 Å². The second-order valence-corrected chi connectivity index (χ2v) is 7.63. The molecule has 2 aromatic rings. The first-order chi connectivity index (χ1) is 14.9. The summed E-state index contributed by atoms with van der Waals surface area (Å²) >= 11 is 0. The van der Waals surface area contributed by atoms with Crippen molar-refractivity contribution in [2.45, 2.75) is 32.7 Å². The fourth-order valence-electron chi connectivity index (χ4n) is 3.91. The molecule has 3 rings (SSSR count). The average molecular weight is 427 g/mol. The number of benzene rings is 2. The van der Waals surface area contributed by atoms with Gasteiger partial charge in [0.1, 0.15) is 17.2 Å². The lowest BCUT2D eigenvalue weighted by molar-refractivity contribution is -0.154. The molecule has 0 unspecified atom stereocenters. The molecule has 166 valence electrons. The molecule has 0 radical (unpaired) electrons. The number of carbonyl (C=O) groups excluding carboxylic acids is 2. The van der Waals surface area contributed by atoms with Crippen LogP contribution in [0.25, 0.3) is 0 Å². The average Bonchev–Trinajstić information content (AvgIpc) is 3.24. The predicted molar refractivity (Wildman–Crippen MR) is 116 cm³/mol. The monoisotopic (exact) mass is 427 g/mol. The first-order valence-electron chi connectivity index (χ1n) is 10.3. The van der Waals surface area contributed by atoms with Gasteiger partial charge in [0.2, 0.25) is 0 Å². The Balaban J connectivity index is 1.58. The second-order valence-electron chi connectivity index (χ2n) is 7.63. The maximum absolute atomic E-state index is 12.8. The van der Waals surface area contributed by atoms with Gasteiger partial charge in [-0.1, -0.05) is 6.07 Å². The summed E-state index contributed by atoms with van der Waals surface area (Å²) in [6, 6.07) is 11.1. The topological polar surface area (TPSA) is 74.3 Å². The van der Waals surface area contributed by atoms with Gasteiger partial charge in [-0.05, 0) is 68.1 Å². The van der Waals surface area contributed by atoms with Gasteiger partial charge < -0.3 is 23.8 Å². The van der Waals surface area contributed by atoms with Crippen LogP contribution in [0.4, 0.5) is 0 Å². The molecular formula is C24H29NO6. The number of hydrogen-bond acceptors (Lipinski definition) is 6. The molecule has 0 aromatic heterocycles. The van der Waals surface area contributed by atoms with Crippen molar-refractivity contribution in [2.24, 2.45) is 0 Å². The van der Waals surface area contributed by atoms with Crippen LogP contribution in [0.15, 0.2) is 36.4 Å². The Labute approximate surface area is 182 Å². The fraction of sp³-hybridized carbons (Fsp3) is 0.417. The fourth-order valence-corrected chi connectivity index (χ4v) is 3.91. The van der Waals surface area contributed by atoms with Crippen LogP contribution in [0, 0.1) is 13.8 Å². The third-order valence-electron chi connectivity index (χ3n) is 5.28. The molecule has 1 fully saturated rings. The Kier molecular flexibility index (Phi) is 7.39. The van der Waals surface area contributed by atoms with Crippen LogP contribution in [0.5, 0.6) is 17.2 Å². The molecule has 7 nitrogen and oxygen atoms in total. The molecule has 1 amide bonds. The van der Waals surface area contributed by atoms with Crippen molar-refractivity contribution in [3.63, 3.8) is 0 Å². The van der Waals surface area contributed by atoms with E-state index in [1.54, 1.807) is 19.1 Å². The van der Waals surface area contributed by atoms with E-state index in [1.165, 1.54) is 0 Å². The summed E-state index contributed by atoms with van der Waals surface area (Å²) in [7, 11) is 3.20. The quantitative estimate of drug-likeness (QED) is 0.599. The lowest BCUT2D eigenvalue weighted by Gasteiger charge is -2.26. The van der Waals surface area contributed by atoms with Crippen molar-refractivity contribution in [1.82, 2.24) is 4.90 Å². The molecule has 1 aliphatic heterocycles. The Morgan fingerprint density at radius 3 is 2.39 bits per heavy atom. The van der Waals surface area contributed by atoms with E-state index in [9.17, 15) is 9.59 Å². The highest BCUT2D eigenvalue weighted by Crippen LogP contribution is 2.38. The van der Waals surface area contributed by atoms with Gasteiger partial charge >= 0.3 is 5.97 Å². The summed E-state index contributed by atoms with van der Waals surface area (Å²) in [6.45, 7) is 3.95. The van der Waals surface area contributed by atoms with Crippen molar-refractivity contribution in [2.75, 3.05) is 34.0 Å². The predicted octanol–water partition coefficient (Wildman–Crippen LogP) is 3.61. The van der Waals surface area contributed by atoms with Crippen LogP contribution in [-0.2, 0) is 14.3 Å². The van der Waals surface area contributed by atoms with Crippen LogP contribution < -0.4 is 14.2 Å². The van der Waals surface area contributed by atoms with Gasteiger partial charge in [-0.3, -0.25) is 4.79 Å². The van der Waals surface area contributed by atoms with Gasteiger partial charge in [0, 0.05) is 12.1 Å². The van der Waals surface area contributed by atoms with E-state index in [0.717, 1.165) is 29.5 Å². The van der Waals surface area contributed by atoms with E-state index in [1.807, 2.05) is 50.2 Å². The molecule has 31 heavy (non-hydrogen) atoms. The van der Waals surface area contributed by atoms with Gasteiger partial charge in [-0.2, -0.15) is 0 Å². The number of methoxy groups -OCH3 is 2. The standard InChI is InChI=1S/C24H29NO6/c1-16-10-17(2)12-19(11-16)30-15-24(27)31-14-23(26)25-9-5-6-21(25)20-13-18(28-3)7-8-22(20)29-4/h7-8,10-13,21H,5-6,9,14-15H2,1-4H3/t21-/m1/s1. The second kappa shape index (κ2) is 10.2. The van der Waals surface area contributed by atoms with Crippen molar-refractivity contribution in [3.05, 3.63) is 53.1 Å². The van der Waals surface area contributed by atoms with Crippen molar-refractivity contribution >= 4 is 11.9 Å². The van der Waals surface area contributed by atoms with Crippen LogP contribution >= 0.6 is 0 Å². The lowest BCUT2D eigenvalue weighted by atomic mass is 10.0. The summed E-state index contributed by atoms with van der Waals surface area (Å²) in [6.07, 6.45) is 1.67. The Hall–Kier alpha value is -3.22. The number of ether oxygens (including phenoxy) is 4. The van der Waals surface area contributed by atoms with E-state index in [-0.39, 0.29) is 25.2 Å². The zero-order valence-electron chi connectivity index (χ0n) is 18.5. The maximum atomic E-state index is 12.8. The van der Waals surface area contributed by atoms with Crippen molar-refractivity contribution < 1.29 is 28.5 Å². The number of esters is 1. The molecule has 0 saturated carbocycles. The maximum Gasteiger partial charge on any atom is 0.344 e. The number of aryl methyl sites for hydroxylation is 2. The Bertz CT molecular complexity index is 921. The summed E-state index contributed by atoms with van der Waals surface area (Å²) < 4.78 is 21.5. The lowest BCUT2D eigenvalue weighted by Crippen LogP contribution is -2.35. The number of hydrogen-bond donors (Lipinski definition) is 0. The molecule has 0 spiro atoms. The number of rotatable bonds is 8.